The van der Waals surface area contributed by atoms with Crippen LogP contribution < -0.4 is 4.90 Å². The zero-order valence-corrected chi connectivity index (χ0v) is 35.6. The van der Waals surface area contributed by atoms with E-state index in [4.69, 9.17) is 0 Å². The van der Waals surface area contributed by atoms with Crippen LogP contribution in [0.3, 0.4) is 0 Å². The molecule has 0 bridgehead atoms. The third-order valence-electron chi connectivity index (χ3n) is 14.0. The largest absolute Gasteiger partial charge is 0.309 e. The molecule has 0 radical (unpaired) electrons. The highest BCUT2D eigenvalue weighted by Gasteiger charge is 2.52. The molecule has 1 spiro atoms. The average Bonchev–Trinajstić information content (AvgIpc) is 4.09. The Morgan fingerprint density at radius 3 is 1.69 bits per heavy atom. The Labute approximate surface area is 375 Å². The van der Waals surface area contributed by atoms with Gasteiger partial charge in [-0.05, 0) is 111 Å². The van der Waals surface area contributed by atoms with Crippen molar-refractivity contribution in [1.82, 2.24) is 4.57 Å². The van der Waals surface area contributed by atoms with Crippen LogP contribution in [-0.2, 0) is 5.41 Å². The van der Waals surface area contributed by atoms with Crippen molar-refractivity contribution >= 4 is 70.4 Å². The summed E-state index contributed by atoms with van der Waals surface area (Å²) < 4.78 is 5.06. The molecule has 298 valence electrons. The molecule has 0 saturated carbocycles. The summed E-state index contributed by atoms with van der Waals surface area (Å²) in [6.07, 6.45) is 0. The van der Waals surface area contributed by atoms with Gasteiger partial charge < -0.3 is 9.47 Å². The summed E-state index contributed by atoms with van der Waals surface area (Å²) in [6, 6.07) is 85.8. The maximum absolute atomic E-state index is 2.55. The third-order valence-corrected chi connectivity index (χ3v) is 15.1. The zero-order valence-electron chi connectivity index (χ0n) is 34.7. The first-order chi connectivity index (χ1) is 31.8. The van der Waals surface area contributed by atoms with Crippen LogP contribution in [0, 0.1) is 0 Å². The number of benzene rings is 10. The number of fused-ring (bicyclic) bond motifs is 16. The van der Waals surface area contributed by atoms with E-state index in [2.05, 4.69) is 240 Å². The molecule has 0 N–H and O–H groups in total. The van der Waals surface area contributed by atoms with Crippen LogP contribution in [0.1, 0.15) is 22.3 Å². The lowest BCUT2D eigenvalue weighted by atomic mass is 9.70. The molecule has 0 aliphatic heterocycles. The van der Waals surface area contributed by atoms with Crippen molar-refractivity contribution < 1.29 is 0 Å². The second-order valence-electron chi connectivity index (χ2n) is 17.1. The molecule has 0 atom stereocenters. The number of rotatable bonds is 5. The second kappa shape index (κ2) is 13.5. The fourth-order valence-corrected chi connectivity index (χ4v) is 12.7. The summed E-state index contributed by atoms with van der Waals surface area (Å²) in [5.74, 6) is 0. The predicted molar refractivity (Wildman–Crippen MR) is 270 cm³/mol. The van der Waals surface area contributed by atoms with Crippen molar-refractivity contribution in [3.8, 4) is 39.1 Å². The summed E-state index contributed by atoms with van der Waals surface area (Å²) in [4.78, 5) is 2.55. The number of hydrogen-bond acceptors (Lipinski definition) is 2. The van der Waals surface area contributed by atoms with Crippen molar-refractivity contribution in [1.29, 1.82) is 0 Å². The SMILES string of the molecule is c1ccc(-n2c3ccccc3c3c(N(c4ccc(-c5cccc6sc7ccccc7c56)cc4)c4cccc5c4-c4ccccc4C54c5ccccc5-c5ccccc54)cccc32)cc1. The first kappa shape index (κ1) is 35.6. The Hall–Kier alpha value is -7.98. The minimum atomic E-state index is -0.456. The van der Waals surface area contributed by atoms with Crippen molar-refractivity contribution in [3.05, 3.63) is 253 Å². The van der Waals surface area contributed by atoms with Crippen molar-refractivity contribution in [2.45, 2.75) is 5.41 Å². The quantitative estimate of drug-likeness (QED) is 0.168. The summed E-state index contributed by atoms with van der Waals surface area (Å²) in [7, 11) is 0. The predicted octanol–water partition coefficient (Wildman–Crippen LogP) is 16.6. The smallest absolute Gasteiger partial charge is 0.0726 e. The molecule has 0 fully saturated rings. The van der Waals surface area contributed by atoms with Crippen molar-refractivity contribution in [3.63, 3.8) is 0 Å². The Kier molecular flexibility index (Phi) is 7.51. The fraction of sp³-hybridized carbons (Fsp3) is 0.0164. The van der Waals surface area contributed by atoms with Crippen LogP contribution in [-0.4, -0.2) is 4.57 Å². The molecule has 2 nitrogen and oxygen atoms in total. The average molecular weight is 831 g/mol. The first-order valence-electron chi connectivity index (χ1n) is 22.1. The molecule has 0 amide bonds. The summed E-state index contributed by atoms with van der Waals surface area (Å²) in [5.41, 5.74) is 19.4. The highest BCUT2D eigenvalue weighted by atomic mass is 32.1. The van der Waals surface area contributed by atoms with E-state index in [0.717, 1.165) is 22.7 Å². The second-order valence-corrected chi connectivity index (χ2v) is 18.2. The van der Waals surface area contributed by atoms with Gasteiger partial charge in [0.25, 0.3) is 0 Å². The molecule has 14 rings (SSSR count). The van der Waals surface area contributed by atoms with Crippen LogP contribution in [0.5, 0.6) is 0 Å². The first-order valence-corrected chi connectivity index (χ1v) is 22.9. The lowest BCUT2D eigenvalue weighted by Gasteiger charge is -2.32. The van der Waals surface area contributed by atoms with Gasteiger partial charge in [0.15, 0.2) is 0 Å². The number of anilines is 3. The van der Waals surface area contributed by atoms with E-state index < -0.39 is 5.41 Å². The standard InChI is InChI=1S/C61H38N2S/c1-2-17-40(18-3-1)62-52-29-12-7-22-46(52)60-54(62)31-16-32-55(60)63(41-37-35-39(36-38-41)42-24-14-34-57-58(42)47-23-8-13-33-56(47)64-57)53-30-15-28-51-59(53)45-21-6-11-27-50(45)61(51)48-25-9-4-19-43(48)44-20-5-10-26-49(44)61/h1-38H. The van der Waals surface area contributed by atoms with Crippen LogP contribution in [0.25, 0.3) is 81.0 Å². The maximum atomic E-state index is 2.55. The Balaban J connectivity index is 1.06. The van der Waals surface area contributed by atoms with E-state index in [1.807, 2.05) is 11.3 Å². The minimum Gasteiger partial charge on any atom is -0.309 e. The van der Waals surface area contributed by atoms with Gasteiger partial charge in [-0.25, -0.2) is 0 Å². The van der Waals surface area contributed by atoms with Gasteiger partial charge >= 0.3 is 0 Å². The molecule has 64 heavy (non-hydrogen) atoms. The van der Waals surface area contributed by atoms with Crippen molar-refractivity contribution in [2.24, 2.45) is 0 Å². The zero-order chi connectivity index (χ0) is 41.9. The van der Waals surface area contributed by atoms with E-state index in [-0.39, 0.29) is 0 Å². The molecule has 0 saturated heterocycles. The van der Waals surface area contributed by atoms with Crippen molar-refractivity contribution in [2.75, 3.05) is 4.90 Å². The van der Waals surface area contributed by atoms with E-state index in [1.54, 1.807) is 0 Å². The van der Waals surface area contributed by atoms with Gasteiger partial charge in [0, 0.05) is 47.9 Å². The summed E-state index contributed by atoms with van der Waals surface area (Å²) in [6.45, 7) is 0. The molecule has 2 aliphatic carbocycles. The molecule has 2 aliphatic rings. The summed E-state index contributed by atoms with van der Waals surface area (Å²) >= 11 is 1.87. The molecule has 10 aromatic carbocycles. The maximum Gasteiger partial charge on any atom is 0.0726 e. The monoisotopic (exact) mass is 830 g/mol. The van der Waals surface area contributed by atoms with Crippen LogP contribution in [0.4, 0.5) is 17.1 Å². The summed E-state index contributed by atoms with van der Waals surface area (Å²) in [5, 5.41) is 5.08. The Morgan fingerprint density at radius 2 is 0.906 bits per heavy atom. The van der Waals surface area contributed by atoms with Crippen LogP contribution in [0.2, 0.25) is 0 Å². The highest BCUT2D eigenvalue weighted by molar-refractivity contribution is 7.25. The number of para-hydroxylation sites is 2. The fourth-order valence-electron chi connectivity index (χ4n) is 11.6. The van der Waals surface area contributed by atoms with Gasteiger partial charge in [-0.3, -0.25) is 0 Å². The Bertz CT molecular complexity index is 3810. The van der Waals surface area contributed by atoms with Gasteiger partial charge in [-0.15, -0.1) is 11.3 Å². The lowest BCUT2D eigenvalue weighted by molar-refractivity contribution is 0.794. The highest BCUT2D eigenvalue weighted by Crippen LogP contribution is 2.65. The van der Waals surface area contributed by atoms with Gasteiger partial charge in [-0.2, -0.15) is 0 Å². The topological polar surface area (TPSA) is 8.17 Å². The number of hydrogen-bond donors (Lipinski definition) is 0. The molecular weight excluding hydrogens is 793 g/mol. The number of aromatic nitrogens is 1. The van der Waals surface area contributed by atoms with Gasteiger partial charge in [-0.1, -0.05) is 170 Å². The van der Waals surface area contributed by atoms with E-state index in [0.29, 0.717) is 0 Å². The molecule has 12 aromatic rings. The molecule has 2 heterocycles. The van der Waals surface area contributed by atoms with Gasteiger partial charge in [0.2, 0.25) is 0 Å². The molecule has 2 aromatic heterocycles. The minimum absolute atomic E-state index is 0.456. The molecular formula is C61H38N2S. The van der Waals surface area contributed by atoms with Crippen LogP contribution in [0.15, 0.2) is 231 Å². The molecule has 0 unspecified atom stereocenters. The lowest BCUT2D eigenvalue weighted by Crippen LogP contribution is -2.26. The number of nitrogens with zero attached hydrogens (tertiary/aromatic N) is 2. The van der Waals surface area contributed by atoms with E-state index >= 15 is 0 Å². The molecule has 3 heteroatoms. The van der Waals surface area contributed by atoms with Crippen LogP contribution >= 0.6 is 11.3 Å². The normalized spacial score (nSPS) is 13.1. The number of thiophene rings is 1. The van der Waals surface area contributed by atoms with Gasteiger partial charge in [0.1, 0.15) is 0 Å². The Morgan fingerprint density at radius 1 is 0.359 bits per heavy atom. The van der Waals surface area contributed by atoms with E-state index in [1.165, 1.54) is 97.6 Å². The van der Waals surface area contributed by atoms with E-state index in [9.17, 15) is 0 Å². The third kappa shape index (κ3) is 4.74. The van der Waals surface area contributed by atoms with Gasteiger partial charge in [0.05, 0.1) is 27.8 Å².